The molecule has 0 spiro atoms. The van der Waals surface area contributed by atoms with Crippen molar-refractivity contribution < 1.29 is 47.9 Å². The minimum atomic E-state index is -0.996. The van der Waals surface area contributed by atoms with Gasteiger partial charge < -0.3 is 28.4 Å². The fraction of sp³-hybridized carbons (Fsp3) is 0.308. The Morgan fingerprint density at radius 1 is 0.591 bits per heavy atom. The summed E-state index contributed by atoms with van der Waals surface area (Å²) in [5.74, 6) is 32.0. The number of non-ortho nitro benzene ring substituents is 2. The topological polar surface area (TPSA) is 176 Å². The van der Waals surface area contributed by atoms with E-state index in [4.69, 9.17) is 28.4 Å². The number of carbonyl (C=O) groups excluding carboxylic acids is 2. The Morgan fingerprint density at radius 2 is 1.02 bits per heavy atom. The van der Waals surface area contributed by atoms with E-state index < -0.39 is 28.4 Å². The molecule has 1 aliphatic heterocycles. The number of carbonyl (C=O) groups is 2. The molecule has 0 aliphatic carbocycles. The van der Waals surface area contributed by atoms with Crippen LogP contribution in [0.15, 0.2) is 78.9 Å². The van der Waals surface area contributed by atoms with Gasteiger partial charge in [-0.25, -0.2) is 9.59 Å². The Labute approximate surface area is 383 Å². The van der Waals surface area contributed by atoms with E-state index in [9.17, 15) is 29.8 Å². The summed E-state index contributed by atoms with van der Waals surface area (Å²) < 4.78 is 33.0. The van der Waals surface area contributed by atoms with Crippen LogP contribution in [0, 0.1) is 84.8 Å². The van der Waals surface area contributed by atoms with E-state index in [-0.39, 0.29) is 54.3 Å². The number of benzene rings is 4. The Balaban J connectivity index is 1.44. The largest absolute Gasteiger partial charge is 0.513 e. The van der Waals surface area contributed by atoms with Gasteiger partial charge in [0.2, 0.25) is 0 Å². The molecule has 4 aromatic carbocycles. The van der Waals surface area contributed by atoms with Crippen LogP contribution in [0.4, 0.5) is 21.0 Å². The number of nitro benzene ring substituents is 2. The number of nitro groups is 2. The molecule has 0 aromatic heterocycles. The van der Waals surface area contributed by atoms with Crippen LogP contribution in [0.25, 0.3) is 0 Å². The van der Waals surface area contributed by atoms with Crippen LogP contribution >= 0.6 is 0 Å². The first-order valence-corrected chi connectivity index (χ1v) is 21.0. The van der Waals surface area contributed by atoms with E-state index >= 15 is 0 Å². The summed E-state index contributed by atoms with van der Waals surface area (Å²) in [7, 11) is 0. The predicted molar refractivity (Wildman–Crippen MR) is 244 cm³/mol. The monoisotopic (exact) mass is 890 g/mol. The van der Waals surface area contributed by atoms with E-state index in [1.165, 1.54) is 48.5 Å². The van der Waals surface area contributed by atoms with Crippen molar-refractivity contribution in [1.29, 1.82) is 0 Å². The van der Waals surface area contributed by atoms with Gasteiger partial charge in [-0.05, 0) is 67.4 Å². The van der Waals surface area contributed by atoms with Crippen LogP contribution in [0.2, 0.25) is 0 Å². The minimum absolute atomic E-state index is 0.0829. The maximum atomic E-state index is 12.3. The van der Waals surface area contributed by atoms with Crippen molar-refractivity contribution in [3.05, 3.63) is 138 Å². The molecule has 0 unspecified atom stereocenters. The zero-order valence-electron chi connectivity index (χ0n) is 36.9. The standard InChI is InChI=1S/C52H46N2O12/c1-5-7-9-15-38-31-39(16-10-8-6-2)33-40(32-38)19-20-42-34-43(18-12-14-30-62-51(56)66-47-27-23-45(24-28-47)54(59)60)48(49-63-36-52(3,4)37-64-49)35-41(42)17-11-13-29-61-50(55)65-46-25-21-44(22-26-46)53(57)58/h21-28,31-35,49H,5-8,13-14,29-30,36-37H2,1-4H3. The van der Waals surface area contributed by atoms with Crippen molar-refractivity contribution in [3.63, 3.8) is 0 Å². The van der Waals surface area contributed by atoms with Gasteiger partial charge >= 0.3 is 12.3 Å². The van der Waals surface area contributed by atoms with Crippen molar-refractivity contribution >= 4 is 23.7 Å². The Morgan fingerprint density at radius 3 is 1.47 bits per heavy atom. The van der Waals surface area contributed by atoms with E-state index in [0.717, 1.165) is 36.8 Å². The lowest BCUT2D eigenvalue weighted by molar-refractivity contribution is -0.385. The van der Waals surface area contributed by atoms with Gasteiger partial charge in [0.1, 0.15) is 24.7 Å². The molecular formula is C52H46N2O12. The lowest BCUT2D eigenvalue weighted by Crippen LogP contribution is -2.34. The summed E-state index contributed by atoms with van der Waals surface area (Å²) >= 11 is 0. The number of hydrogen-bond donors (Lipinski definition) is 0. The number of unbranched alkanes of at least 4 members (excludes halogenated alkanes) is 2. The molecule has 4 aromatic rings. The minimum Gasteiger partial charge on any atom is -0.433 e. The number of rotatable bonds is 11. The molecule has 0 atom stereocenters. The zero-order valence-corrected chi connectivity index (χ0v) is 36.9. The second kappa shape index (κ2) is 24.7. The maximum Gasteiger partial charge on any atom is 0.513 e. The average molecular weight is 891 g/mol. The highest BCUT2D eigenvalue weighted by atomic mass is 16.7. The van der Waals surface area contributed by atoms with Crippen LogP contribution in [0.1, 0.15) is 111 Å². The first-order chi connectivity index (χ1) is 31.8. The van der Waals surface area contributed by atoms with Crippen LogP contribution < -0.4 is 9.47 Å². The Kier molecular flexibility index (Phi) is 18.3. The second-order valence-corrected chi connectivity index (χ2v) is 15.3. The molecule has 14 heteroatoms. The Hall–Kier alpha value is -8.06. The van der Waals surface area contributed by atoms with E-state index in [0.29, 0.717) is 41.0 Å². The third-order valence-corrected chi connectivity index (χ3v) is 9.02. The Bertz CT molecular complexity index is 2690. The molecule has 66 heavy (non-hydrogen) atoms. The lowest BCUT2D eigenvalue weighted by Gasteiger charge is -2.35. The van der Waals surface area contributed by atoms with Crippen LogP contribution in [-0.2, 0) is 18.9 Å². The predicted octanol–water partition coefficient (Wildman–Crippen LogP) is 10.2. The van der Waals surface area contributed by atoms with E-state index in [2.05, 4.69) is 73.1 Å². The van der Waals surface area contributed by atoms with Gasteiger partial charge in [0, 0.05) is 94.3 Å². The molecule has 0 radical (unpaired) electrons. The summed E-state index contributed by atoms with van der Waals surface area (Å²) in [6.07, 6.45) is 0.816. The smallest absolute Gasteiger partial charge is 0.433 e. The molecule has 1 saturated heterocycles. The third kappa shape index (κ3) is 15.9. The molecular weight excluding hydrogens is 845 g/mol. The summed E-state index contributed by atoms with van der Waals surface area (Å²) in [5.41, 5.74) is 3.91. The van der Waals surface area contributed by atoms with Crippen molar-refractivity contribution in [1.82, 2.24) is 0 Å². The van der Waals surface area contributed by atoms with Crippen LogP contribution in [0.3, 0.4) is 0 Å². The highest BCUT2D eigenvalue weighted by Crippen LogP contribution is 2.34. The fourth-order valence-electron chi connectivity index (χ4n) is 5.77. The van der Waals surface area contributed by atoms with Gasteiger partial charge in [-0.1, -0.05) is 86.9 Å². The van der Waals surface area contributed by atoms with Crippen molar-refractivity contribution in [2.45, 2.75) is 72.5 Å². The van der Waals surface area contributed by atoms with Gasteiger partial charge in [-0.3, -0.25) is 20.2 Å². The number of ether oxygens (including phenoxy) is 6. The zero-order chi connectivity index (χ0) is 47.3. The van der Waals surface area contributed by atoms with E-state index in [1.54, 1.807) is 12.1 Å². The number of nitrogens with zero attached hydrogens (tertiary/aromatic N) is 2. The second-order valence-electron chi connectivity index (χ2n) is 15.3. The summed E-state index contributed by atoms with van der Waals surface area (Å²) in [5, 5.41) is 21.9. The quantitative estimate of drug-likeness (QED) is 0.0348. The lowest BCUT2D eigenvalue weighted by atomic mass is 9.94. The van der Waals surface area contributed by atoms with Gasteiger partial charge in [0.15, 0.2) is 6.29 Å². The maximum absolute atomic E-state index is 12.3. The number of hydrogen-bond acceptors (Lipinski definition) is 12. The van der Waals surface area contributed by atoms with Crippen LogP contribution in [-0.4, -0.2) is 48.6 Å². The molecule has 1 heterocycles. The van der Waals surface area contributed by atoms with Gasteiger partial charge in [0.05, 0.1) is 23.1 Å². The first kappa shape index (κ1) is 49.0. The highest BCUT2D eigenvalue weighted by Gasteiger charge is 2.31. The summed E-state index contributed by atoms with van der Waals surface area (Å²) in [4.78, 5) is 45.5. The highest BCUT2D eigenvalue weighted by molar-refractivity contribution is 5.65. The third-order valence-electron chi connectivity index (χ3n) is 9.02. The van der Waals surface area contributed by atoms with Crippen molar-refractivity contribution in [2.75, 3.05) is 26.4 Å². The van der Waals surface area contributed by atoms with Crippen LogP contribution in [0.5, 0.6) is 11.5 Å². The normalized spacial score (nSPS) is 12.3. The SMILES string of the molecule is CCCC#Cc1cc(C#CCCC)cc(C#Cc2cc(C#CCCOC(=O)Oc3ccc([N+](=O)[O-])cc3)c(C3OCC(C)(C)CO3)cc2C#CCCOC(=O)Oc2ccc([N+](=O)[O-])cc2)c1. The molecule has 0 amide bonds. The summed E-state index contributed by atoms with van der Waals surface area (Å²) in [6, 6.07) is 19.4. The fourth-order valence-corrected chi connectivity index (χ4v) is 5.77. The van der Waals surface area contributed by atoms with Crippen molar-refractivity contribution in [3.8, 4) is 70.7 Å². The van der Waals surface area contributed by atoms with Gasteiger partial charge in [-0.15, -0.1) is 0 Å². The summed E-state index contributed by atoms with van der Waals surface area (Å²) in [6.45, 7) is 8.79. The molecule has 0 saturated carbocycles. The molecule has 0 N–H and O–H groups in total. The average Bonchev–Trinajstić information content (AvgIpc) is 3.29. The molecule has 1 fully saturated rings. The molecule has 336 valence electrons. The molecule has 1 aliphatic rings. The molecule has 14 nitrogen and oxygen atoms in total. The first-order valence-electron chi connectivity index (χ1n) is 21.0. The van der Waals surface area contributed by atoms with E-state index in [1.807, 2.05) is 32.0 Å². The van der Waals surface area contributed by atoms with Gasteiger partial charge in [-0.2, -0.15) is 0 Å². The molecule has 0 bridgehead atoms. The van der Waals surface area contributed by atoms with Crippen molar-refractivity contribution in [2.24, 2.45) is 5.41 Å². The molecule has 5 rings (SSSR count). The van der Waals surface area contributed by atoms with Gasteiger partial charge in [0.25, 0.3) is 11.4 Å².